The highest BCUT2D eigenvalue weighted by Crippen LogP contribution is 2.41. The first-order chi connectivity index (χ1) is 6.95. The normalized spacial score (nSPS) is 27.7. The summed E-state index contributed by atoms with van der Waals surface area (Å²) in [5.41, 5.74) is 0. The van der Waals surface area contributed by atoms with E-state index in [1.807, 2.05) is 0 Å². The van der Waals surface area contributed by atoms with Gasteiger partial charge in [-0.1, -0.05) is 13.3 Å². The molecule has 1 rings (SSSR count). The van der Waals surface area contributed by atoms with Gasteiger partial charge >= 0.3 is 5.97 Å². The third-order valence-electron chi connectivity index (χ3n) is 3.41. The highest BCUT2D eigenvalue weighted by Gasteiger charge is 2.42. The summed E-state index contributed by atoms with van der Waals surface area (Å²) in [7, 11) is 0. The molecule has 1 fully saturated rings. The predicted octanol–water partition coefficient (Wildman–Crippen LogP) is 3.31. The van der Waals surface area contributed by atoms with Gasteiger partial charge in [0.15, 0.2) is 0 Å². The zero-order chi connectivity index (χ0) is 11.5. The molecule has 15 heavy (non-hydrogen) atoms. The summed E-state index contributed by atoms with van der Waals surface area (Å²) in [6.45, 7) is 2.07. The Morgan fingerprint density at radius 3 is 2.27 bits per heavy atom. The van der Waals surface area contributed by atoms with Crippen LogP contribution in [0, 0.1) is 11.8 Å². The maximum absolute atomic E-state index is 13.4. The third kappa shape index (κ3) is 3.43. The summed E-state index contributed by atoms with van der Waals surface area (Å²) in [5, 5.41) is 8.40. The molecule has 0 aromatic heterocycles. The van der Waals surface area contributed by atoms with Crippen molar-refractivity contribution in [2.45, 2.75) is 51.4 Å². The molecule has 0 atom stereocenters. The van der Waals surface area contributed by atoms with Gasteiger partial charge in [0.05, 0.1) is 0 Å². The first-order valence-corrected chi connectivity index (χ1v) is 5.55. The van der Waals surface area contributed by atoms with Crippen molar-refractivity contribution in [1.82, 2.24) is 0 Å². The van der Waals surface area contributed by atoms with Crippen LogP contribution in [0.2, 0.25) is 0 Å². The highest BCUT2D eigenvalue weighted by molar-refractivity contribution is 5.67. The zero-order valence-electron chi connectivity index (χ0n) is 9.01. The Labute approximate surface area is 88.7 Å². The molecule has 2 nitrogen and oxygen atoms in total. The number of carboxylic acid groups (broad SMARTS) is 1. The molecular formula is C11H18F2O2. The summed E-state index contributed by atoms with van der Waals surface area (Å²) >= 11 is 0. The lowest BCUT2D eigenvalue weighted by Gasteiger charge is -2.32. The standard InChI is InChI=1S/C11H18F2O2/c1-2-8-3-5-9(6-4-8)11(12,13)7-10(14)15/h8-9H,2-7H2,1H3,(H,14,15). The summed E-state index contributed by atoms with van der Waals surface area (Å²) in [6, 6.07) is 0. The third-order valence-corrected chi connectivity index (χ3v) is 3.41. The molecule has 1 aliphatic carbocycles. The van der Waals surface area contributed by atoms with Crippen molar-refractivity contribution in [2.24, 2.45) is 11.8 Å². The molecule has 0 unspecified atom stereocenters. The van der Waals surface area contributed by atoms with Crippen LogP contribution in [0.1, 0.15) is 45.4 Å². The number of hydrogen-bond donors (Lipinski definition) is 1. The fraction of sp³-hybridized carbons (Fsp3) is 0.909. The molecule has 0 heterocycles. The fourth-order valence-corrected chi connectivity index (χ4v) is 2.34. The number of aliphatic carboxylic acids is 1. The highest BCUT2D eigenvalue weighted by atomic mass is 19.3. The Morgan fingerprint density at radius 1 is 1.33 bits per heavy atom. The fourth-order valence-electron chi connectivity index (χ4n) is 2.34. The molecule has 0 saturated heterocycles. The molecule has 0 radical (unpaired) electrons. The van der Waals surface area contributed by atoms with Crippen LogP contribution in [0.4, 0.5) is 8.78 Å². The van der Waals surface area contributed by atoms with E-state index in [1.165, 1.54) is 0 Å². The quantitative estimate of drug-likeness (QED) is 0.789. The SMILES string of the molecule is CCC1CCC(C(F)(F)CC(=O)O)CC1. The Kier molecular flexibility index (Phi) is 4.05. The number of rotatable bonds is 4. The van der Waals surface area contributed by atoms with Crippen molar-refractivity contribution < 1.29 is 18.7 Å². The van der Waals surface area contributed by atoms with Gasteiger partial charge in [-0.05, 0) is 31.6 Å². The van der Waals surface area contributed by atoms with Gasteiger partial charge < -0.3 is 5.11 Å². The Bertz CT molecular complexity index is 221. The van der Waals surface area contributed by atoms with E-state index >= 15 is 0 Å². The summed E-state index contributed by atoms with van der Waals surface area (Å²) in [6.07, 6.45) is 2.59. The van der Waals surface area contributed by atoms with Gasteiger partial charge in [-0.15, -0.1) is 0 Å². The van der Waals surface area contributed by atoms with Gasteiger partial charge in [0.1, 0.15) is 6.42 Å². The number of carboxylic acids is 1. The van der Waals surface area contributed by atoms with Gasteiger partial charge in [0, 0.05) is 5.92 Å². The van der Waals surface area contributed by atoms with Crippen molar-refractivity contribution in [3.63, 3.8) is 0 Å². The maximum atomic E-state index is 13.4. The minimum Gasteiger partial charge on any atom is -0.481 e. The smallest absolute Gasteiger partial charge is 0.309 e. The van der Waals surface area contributed by atoms with E-state index in [-0.39, 0.29) is 0 Å². The van der Waals surface area contributed by atoms with Crippen LogP contribution in [-0.4, -0.2) is 17.0 Å². The van der Waals surface area contributed by atoms with Crippen molar-refractivity contribution >= 4 is 5.97 Å². The molecule has 0 amide bonds. The molecule has 0 aromatic rings. The molecular weight excluding hydrogens is 202 g/mol. The lowest BCUT2D eigenvalue weighted by Crippen LogP contribution is -2.34. The minimum absolute atomic E-state index is 0.471. The molecule has 1 N–H and O–H groups in total. The second-order valence-electron chi connectivity index (χ2n) is 4.46. The monoisotopic (exact) mass is 220 g/mol. The lowest BCUT2D eigenvalue weighted by atomic mass is 9.77. The van der Waals surface area contributed by atoms with Crippen LogP contribution in [0.25, 0.3) is 0 Å². The summed E-state index contributed by atoms with van der Waals surface area (Å²) in [5.74, 6) is -4.60. The summed E-state index contributed by atoms with van der Waals surface area (Å²) < 4.78 is 26.8. The van der Waals surface area contributed by atoms with Crippen LogP contribution in [-0.2, 0) is 4.79 Å². The van der Waals surface area contributed by atoms with Crippen molar-refractivity contribution in [2.75, 3.05) is 0 Å². The minimum atomic E-state index is -3.02. The maximum Gasteiger partial charge on any atom is 0.309 e. The van der Waals surface area contributed by atoms with Gasteiger partial charge in [-0.2, -0.15) is 0 Å². The molecule has 4 heteroatoms. The first-order valence-electron chi connectivity index (χ1n) is 5.55. The number of halogens is 2. The van der Waals surface area contributed by atoms with Crippen LogP contribution < -0.4 is 0 Å². The summed E-state index contributed by atoms with van der Waals surface area (Å²) in [4.78, 5) is 10.3. The molecule has 0 aliphatic heterocycles. The molecule has 1 aliphatic rings. The second-order valence-corrected chi connectivity index (χ2v) is 4.46. The second kappa shape index (κ2) is 4.90. The van der Waals surface area contributed by atoms with E-state index in [9.17, 15) is 13.6 Å². The predicted molar refractivity (Wildman–Crippen MR) is 52.9 cm³/mol. The van der Waals surface area contributed by atoms with Gasteiger partial charge in [-0.25, -0.2) is 8.78 Å². The van der Waals surface area contributed by atoms with Crippen LogP contribution in [0.5, 0.6) is 0 Å². The molecule has 88 valence electrons. The number of hydrogen-bond acceptors (Lipinski definition) is 1. The zero-order valence-corrected chi connectivity index (χ0v) is 9.01. The first kappa shape index (κ1) is 12.4. The Balaban J connectivity index is 2.47. The molecule has 0 bridgehead atoms. The average Bonchev–Trinajstić information content (AvgIpc) is 2.16. The molecule has 0 spiro atoms. The topological polar surface area (TPSA) is 37.3 Å². The molecule has 0 aromatic carbocycles. The van der Waals surface area contributed by atoms with Crippen LogP contribution in [0.3, 0.4) is 0 Å². The van der Waals surface area contributed by atoms with Crippen LogP contribution in [0.15, 0.2) is 0 Å². The van der Waals surface area contributed by atoms with Crippen molar-refractivity contribution in [3.8, 4) is 0 Å². The Hall–Kier alpha value is -0.670. The van der Waals surface area contributed by atoms with Gasteiger partial charge in [0.25, 0.3) is 5.92 Å². The van der Waals surface area contributed by atoms with E-state index in [0.717, 1.165) is 19.3 Å². The molecule has 1 saturated carbocycles. The Morgan fingerprint density at radius 2 is 1.87 bits per heavy atom. The van der Waals surface area contributed by atoms with E-state index < -0.39 is 24.2 Å². The number of alkyl halides is 2. The largest absolute Gasteiger partial charge is 0.481 e. The van der Waals surface area contributed by atoms with Crippen molar-refractivity contribution in [1.29, 1.82) is 0 Å². The number of carbonyl (C=O) groups is 1. The van der Waals surface area contributed by atoms with Crippen LogP contribution >= 0.6 is 0 Å². The van der Waals surface area contributed by atoms with E-state index in [2.05, 4.69) is 6.92 Å². The average molecular weight is 220 g/mol. The van der Waals surface area contributed by atoms with Gasteiger partial charge in [-0.3, -0.25) is 4.79 Å². The lowest BCUT2D eigenvalue weighted by molar-refractivity contribution is -0.151. The van der Waals surface area contributed by atoms with E-state index in [4.69, 9.17) is 5.11 Å². The van der Waals surface area contributed by atoms with Gasteiger partial charge in [0.2, 0.25) is 0 Å². The van der Waals surface area contributed by atoms with E-state index in [0.29, 0.717) is 18.8 Å². The van der Waals surface area contributed by atoms with E-state index in [1.54, 1.807) is 0 Å². The van der Waals surface area contributed by atoms with Crippen molar-refractivity contribution in [3.05, 3.63) is 0 Å².